The smallest absolute Gasteiger partial charge is 0.0631 e. The maximum atomic E-state index is 10.6. The van der Waals surface area contributed by atoms with E-state index in [9.17, 15) is 10.2 Å². The predicted octanol–water partition coefficient (Wildman–Crippen LogP) is 2.41. The Hall–Kier alpha value is -0.120. The fraction of sp³-hybridized carbons (Fsp3) is 1.00. The lowest BCUT2D eigenvalue weighted by atomic mass is 9.69. The first-order valence-electron chi connectivity index (χ1n) is 8.07. The number of nitrogens with zero attached hydrogens (tertiary/aromatic N) is 1. The summed E-state index contributed by atoms with van der Waals surface area (Å²) in [6, 6.07) is 0.538. The Bertz CT molecular complexity index is 278. The van der Waals surface area contributed by atoms with Crippen molar-refractivity contribution in [3.8, 4) is 0 Å². The first-order valence-corrected chi connectivity index (χ1v) is 8.07. The quantitative estimate of drug-likeness (QED) is 0.824. The average molecular weight is 269 g/mol. The fourth-order valence-corrected chi connectivity index (χ4v) is 4.03. The molecule has 0 aromatic rings. The monoisotopic (exact) mass is 269 g/mol. The molecule has 3 nitrogen and oxygen atoms in total. The van der Waals surface area contributed by atoms with Gasteiger partial charge in [0, 0.05) is 19.2 Å². The summed E-state index contributed by atoms with van der Waals surface area (Å²) in [4.78, 5) is 2.54. The third-order valence-corrected chi connectivity index (χ3v) is 5.32. The van der Waals surface area contributed by atoms with Gasteiger partial charge in [0.15, 0.2) is 0 Å². The molecular weight excluding hydrogens is 238 g/mol. The Balaban J connectivity index is 1.94. The van der Waals surface area contributed by atoms with E-state index >= 15 is 0 Å². The third-order valence-electron chi connectivity index (χ3n) is 5.32. The van der Waals surface area contributed by atoms with Crippen LogP contribution >= 0.6 is 0 Å². The van der Waals surface area contributed by atoms with Gasteiger partial charge in [0.25, 0.3) is 0 Å². The van der Waals surface area contributed by atoms with Crippen LogP contribution in [0.4, 0.5) is 0 Å². The summed E-state index contributed by atoms with van der Waals surface area (Å²) in [5.74, 6) is 0.419. The van der Waals surface area contributed by atoms with E-state index in [4.69, 9.17) is 0 Å². The molecule has 3 atom stereocenters. The van der Waals surface area contributed by atoms with Crippen LogP contribution in [0.5, 0.6) is 0 Å². The van der Waals surface area contributed by atoms with Crippen molar-refractivity contribution in [2.45, 2.75) is 70.9 Å². The molecule has 2 rings (SSSR count). The molecule has 0 aromatic heterocycles. The lowest BCUT2D eigenvalue weighted by Gasteiger charge is -2.45. The van der Waals surface area contributed by atoms with Gasteiger partial charge in [-0.25, -0.2) is 0 Å². The second kappa shape index (κ2) is 6.55. The highest BCUT2D eigenvalue weighted by Crippen LogP contribution is 2.39. The zero-order valence-corrected chi connectivity index (χ0v) is 12.6. The maximum absolute atomic E-state index is 10.6. The van der Waals surface area contributed by atoms with E-state index in [0.717, 1.165) is 32.4 Å². The Morgan fingerprint density at radius 2 is 1.95 bits per heavy atom. The van der Waals surface area contributed by atoms with E-state index < -0.39 is 0 Å². The van der Waals surface area contributed by atoms with Crippen molar-refractivity contribution in [3.63, 3.8) is 0 Å². The number of piperidine rings is 1. The second-order valence-corrected chi connectivity index (χ2v) is 7.24. The lowest BCUT2D eigenvalue weighted by Crippen LogP contribution is -2.49. The molecule has 0 radical (unpaired) electrons. The fourth-order valence-electron chi connectivity index (χ4n) is 4.03. The van der Waals surface area contributed by atoms with Crippen LogP contribution in [0.1, 0.15) is 58.8 Å². The van der Waals surface area contributed by atoms with Crippen LogP contribution in [0.25, 0.3) is 0 Å². The molecule has 0 amide bonds. The number of hydrogen-bond donors (Lipinski definition) is 2. The minimum atomic E-state index is -0.169. The van der Waals surface area contributed by atoms with Gasteiger partial charge in [0.05, 0.1) is 6.10 Å². The van der Waals surface area contributed by atoms with Crippen LogP contribution in [0.15, 0.2) is 0 Å². The molecule has 0 spiro atoms. The lowest BCUT2D eigenvalue weighted by molar-refractivity contribution is -0.0506. The van der Waals surface area contributed by atoms with E-state index in [-0.39, 0.29) is 11.5 Å². The van der Waals surface area contributed by atoms with E-state index in [0.29, 0.717) is 18.6 Å². The molecule has 1 saturated heterocycles. The normalized spacial score (nSPS) is 36.3. The van der Waals surface area contributed by atoms with Gasteiger partial charge < -0.3 is 10.2 Å². The van der Waals surface area contributed by atoms with Gasteiger partial charge in [-0.15, -0.1) is 0 Å². The first-order chi connectivity index (χ1) is 9.04. The summed E-state index contributed by atoms with van der Waals surface area (Å²) in [5, 5.41) is 19.8. The highest BCUT2D eigenvalue weighted by Gasteiger charge is 2.39. The Kier molecular flexibility index (Phi) is 5.27. The molecule has 0 aromatic carbocycles. The molecule has 0 bridgehead atoms. The van der Waals surface area contributed by atoms with Crippen molar-refractivity contribution < 1.29 is 10.2 Å². The summed E-state index contributed by atoms with van der Waals surface area (Å²) >= 11 is 0. The topological polar surface area (TPSA) is 43.7 Å². The summed E-state index contributed by atoms with van der Waals surface area (Å²) in [6.07, 6.45) is 8.05. The van der Waals surface area contributed by atoms with E-state index in [2.05, 4.69) is 18.7 Å². The molecule has 1 aliphatic heterocycles. The zero-order valence-electron chi connectivity index (χ0n) is 12.6. The van der Waals surface area contributed by atoms with Crippen molar-refractivity contribution in [3.05, 3.63) is 0 Å². The van der Waals surface area contributed by atoms with Gasteiger partial charge in [-0.1, -0.05) is 26.7 Å². The molecule has 3 heteroatoms. The summed E-state index contributed by atoms with van der Waals surface area (Å²) in [5.41, 5.74) is 0.0746. The summed E-state index contributed by atoms with van der Waals surface area (Å²) in [6.45, 7) is 6.86. The second-order valence-electron chi connectivity index (χ2n) is 7.24. The maximum Gasteiger partial charge on any atom is 0.0631 e. The van der Waals surface area contributed by atoms with Crippen molar-refractivity contribution in [1.29, 1.82) is 0 Å². The Labute approximate surface area is 118 Å². The van der Waals surface area contributed by atoms with E-state index in [1.165, 1.54) is 25.7 Å². The number of aliphatic hydroxyl groups is 2. The third kappa shape index (κ3) is 3.71. The van der Waals surface area contributed by atoms with Gasteiger partial charge in [0.2, 0.25) is 0 Å². The van der Waals surface area contributed by atoms with Crippen LogP contribution in [0, 0.1) is 11.3 Å². The van der Waals surface area contributed by atoms with Crippen molar-refractivity contribution >= 4 is 0 Å². The molecule has 1 saturated carbocycles. The summed E-state index contributed by atoms with van der Waals surface area (Å²) in [7, 11) is 0. The number of likely N-dealkylation sites (tertiary alicyclic amines) is 1. The van der Waals surface area contributed by atoms with Crippen LogP contribution in [-0.2, 0) is 0 Å². The largest absolute Gasteiger partial charge is 0.396 e. The van der Waals surface area contributed by atoms with Gasteiger partial charge in [-0.2, -0.15) is 0 Å². The van der Waals surface area contributed by atoms with Crippen molar-refractivity contribution in [2.24, 2.45) is 11.3 Å². The molecule has 3 unspecified atom stereocenters. The Morgan fingerprint density at radius 3 is 2.68 bits per heavy atom. The number of aliphatic hydroxyl groups excluding tert-OH is 2. The highest BCUT2D eigenvalue weighted by molar-refractivity contribution is 4.90. The average Bonchev–Trinajstić information content (AvgIpc) is 2.37. The van der Waals surface area contributed by atoms with Gasteiger partial charge in [-0.05, 0) is 50.0 Å². The van der Waals surface area contributed by atoms with Gasteiger partial charge >= 0.3 is 0 Å². The minimum Gasteiger partial charge on any atom is -0.396 e. The molecule has 2 aliphatic rings. The molecule has 19 heavy (non-hydrogen) atoms. The SMILES string of the molecule is CC1(C)CCCC(CN2CCCCC2CCO)C1O. The van der Waals surface area contributed by atoms with Gasteiger partial charge in [-0.3, -0.25) is 4.90 Å². The van der Waals surface area contributed by atoms with Crippen molar-refractivity contribution in [2.75, 3.05) is 19.7 Å². The molecule has 2 N–H and O–H groups in total. The van der Waals surface area contributed by atoms with Crippen LogP contribution in [0.3, 0.4) is 0 Å². The first kappa shape index (κ1) is 15.3. The molecule has 2 fully saturated rings. The van der Waals surface area contributed by atoms with Crippen LogP contribution < -0.4 is 0 Å². The Morgan fingerprint density at radius 1 is 1.16 bits per heavy atom. The number of rotatable bonds is 4. The van der Waals surface area contributed by atoms with Crippen LogP contribution in [0.2, 0.25) is 0 Å². The van der Waals surface area contributed by atoms with E-state index in [1.54, 1.807) is 0 Å². The predicted molar refractivity (Wildman–Crippen MR) is 78.0 cm³/mol. The molecular formula is C16H31NO2. The van der Waals surface area contributed by atoms with Crippen molar-refractivity contribution in [1.82, 2.24) is 4.90 Å². The van der Waals surface area contributed by atoms with Crippen LogP contribution in [-0.4, -0.2) is 47.0 Å². The zero-order chi connectivity index (χ0) is 13.9. The minimum absolute atomic E-state index is 0.0746. The molecule has 1 aliphatic carbocycles. The van der Waals surface area contributed by atoms with Gasteiger partial charge in [0.1, 0.15) is 0 Å². The molecule has 1 heterocycles. The standard InChI is InChI=1S/C16H31NO2/c1-16(2)9-5-6-13(15(16)19)12-17-10-4-3-7-14(17)8-11-18/h13-15,18-19H,3-12H2,1-2H3. The summed E-state index contributed by atoms with van der Waals surface area (Å²) < 4.78 is 0. The number of hydrogen-bond acceptors (Lipinski definition) is 3. The molecule has 112 valence electrons. The van der Waals surface area contributed by atoms with E-state index in [1.807, 2.05) is 0 Å². The highest BCUT2D eigenvalue weighted by atomic mass is 16.3.